The lowest BCUT2D eigenvalue weighted by Gasteiger charge is -2.11. The fraction of sp³-hybridized carbons (Fsp3) is 0.188. The second-order valence-electron chi connectivity index (χ2n) is 4.42. The number of nitrogens with zero attached hydrogens (tertiary/aromatic N) is 1. The van der Waals surface area contributed by atoms with Crippen molar-refractivity contribution in [2.45, 2.75) is 13.1 Å². The second-order valence-corrected chi connectivity index (χ2v) is 4.42. The summed E-state index contributed by atoms with van der Waals surface area (Å²) >= 11 is 0. The van der Waals surface area contributed by atoms with E-state index in [9.17, 15) is 13.2 Å². The molecule has 2 aromatic rings. The predicted molar refractivity (Wildman–Crippen MR) is 80.3 cm³/mol. The molecule has 0 heterocycles. The number of nitrogens with one attached hydrogen (secondary N) is 1. The predicted octanol–water partition coefficient (Wildman–Crippen LogP) is 4.55. The van der Waals surface area contributed by atoms with Crippen LogP contribution in [0.5, 0.6) is 5.75 Å². The molecule has 3 nitrogen and oxygen atoms in total. The maximum atomic E-state index is 12.8. The van der Waals surface area contributed by atoms with Gasteiger partial charge in [-0.25, -0.2) is 0 Å². The molecule has 0 atom stereocenters. The average Bonchev–Trinajstić information content (AvgIpc) is 2.49. The van der Waals surface area contributed by atoms with Gasteiger partial charge in [-0.2, -0.15) is 18.3 Å². The lowest BCUT2D eigenvalue weighted by molar-refractivity contribution is -0.136. The van der Waals surface area contributed by atoms with Crippen LogP contribution in [0.15, 0.2) is 53.6 Å². The zero-order valence-corrected chi connectivity index (χ0v) is 11.9. The summed E-state index contributed by atoms with van der Waals surface area (Å²) in [6.45, 7) is 2.46. The monoisotopic (exact) mass is 308 g/mol. The number of ether oxygens (including phenoxy) is 1. The van der Waals surface area contributed by atoms with E-state index in [4.69, 9.17) is 4.74 Å². The minimum absolute atomic E-state index is 0.0859. The van der Waals surface area contributed by atoms with Crippen molar-refractivity contribution < 1.29 is 17.9 Å². The Bertz CT molecular complexity index is 637. The molecule has 0 fully saturated rings. The summed E-state index contributed by atoms with van der Waals surface area (Å²) in [6.07, 6.45) is -2.97. The lowest BCUT2D eigenvalue weighted by Crippen LogP contribution is -2.08. The summed E-state index contributed by atoms with van der Waals surface area (Å²) in [4.78, 5) is 0. The molecule has 0 radical (unpaired) electrons. The van der Waals surface area contributed by atoms with Crippen molar-refractivity contribution in [3.05, 3.63) is 59.7 Å². The fourth-order valence-electron chi connectivity index (χ4n) is 1.82. The second kappa shape index (κ2) is 6.98. The topological polar surface area (TPSA) is 33.6 Å². The number of hydrogen-bond acceptors (Lipinski definition) is 3. The normalized spacial score (nSPS) is 11.6. The van der Waals surface area contributed by atoms with Crippen molar-refractivity contribution in [1.82, 2.24) is 0 Å². The number of anilines is 1. The van der Waals surface area contributed by atoms with Crippen LogP contribution in [0.3, 0.4) is 0 Å². The van der Waals surface area contributed by atoms with Gasteiger partial charge in [0.1, 0.15) is 5.75 Å². The molecule has 0 aliphatic heterocycles. The quantitative estimate of drug-likeness (QED) is 0.649. The van der Waals surface area contributed by atoms with E-state index < -0.39 is 11.7 Å². The molecule has 6 heteroatoms. The van der Waals surface area contributed by atoms with Crippen LogP contribution >= 0.6 is 0 Å². The molecule has 116 valence electrons. The highest BCUT2D eigenvalue weighted by Crippen LogP contribution is 2.34. The molecular weight excluding hydrogens is 293 g/mol. The number of alkyl halides is 3. The first kappa shape index (κ1) is 15.9. The van der Waals surface area contributed by atoms with Crippen LogP contribution in [-0.2, 0) is 6.18 Å². The third-order valence-corrected chi connectivity index (χ3v) is 2.82. The first-order valence-electron chi connectivity index (χ1n) is 6.69. The summed E-state index contributed by atoms with van der Waals surface area (Å²) in [6, 6.07) is 12.3. The first-order chi connectivity index (χ1) is 10.5. The third-order valence-electron chi connectivity index (χ3n) is 2.82. The Morgan fingerprint density at radius 3 is 2.41 bits per heavy atom. The first-order valence-corrected chi connectivity index (χ1v) is 6.69. The Hall–Kier alpha value is -2.50. The van der Waals surface area contributed by atoms with Crippen molar-refractivity contribution in [2.75, 3.05) is 12.0 Å². The molecule has 22 heavy (non-hydrogen) atoms. The van der Waals surface area contributed by atoms with Gasteiger partial charge >= 0.3 is 6.18 Å². The number of benzene rings is 2. The maximum Gasteiger partial charge on any atom is 0.418 e. The number of halogens is 3. The Morgan fingerprint density at radius 2 is 1.77 bits per heavy atom. The summed E-state index contributed by atoms with van der Waals surface area (Å²) < 4.78 is 43.7. The number of hydrogen-bond donors (Lipinski definition) is 1. The van der Waals surface area contributed by atoms with Crippen LogP contribution in [0.2, 0.25) is 0 Å². The molecule has 0 bridgehead atoms. The molecule has 0 spiro atoms. The number of para-hydroxylation sites is 1. The van der Waals surface area contributed by atoms with E-state index in [1.807, 2.05) is 6.92 Å². The van der Waals surface area contributed by atoms with Gasteiger partial charge in [-0.05, 0) is 48.9 Å². The molecule has 0 unspecified atom stereocenters. The Labute approximate surface area is 126 Å². The largest absolute Gasteiger partial charge is 0.494 e. The SMILES string of the molecule is CCOc1ccc(/C=N/Nc2ccccc2C(F)(F)F)cc1. The molecular formula is C16H15F3N2O. The molecule has 2 rings (SSSR count). The van der Waals surface area contributed by atoms with Crippen molar-refractivity contribution in [1.29, 1.82) is 0 Å². The van der Waals surface area contributed by atoms with E-state index in [-0.39, 0.29) is 5.69 Å². The highest BCUT2D eigenvalue weighted by molar-refractivity contribution is 5.80. The van der Waals surface area contributed by atoms with E-state index in [0.717, 1.165) is 17.4 Å². The van der Waals surface area contributed by atoms with Gasteiger partial charge < -0.3 is 4.74 Å². The third kappa shape index (κ3) is 4.25. The average molecular weight is 308 g/mol. The van der Waals surface area contributed by atoms with Crippen molar-refractivity contribution >= 4 is 11.9 Å². The van der Waals surface area contributed by atoms with Crippen LogP contribution in [0, 0.1) is 0 Å². The molecule has 0 aliphatic rings. The lowest BCUT2D eigenvalue weighted by atomic mass is 10.2. The van der Waals surface area contributed by atoms with Gasteiger partial charge in [-0.15, -0.1) is 0 Å². The van der Waals surface area contributed by atoms with E-state index in [1.54, 1.807) is 24.3 Å². The minimum atomic E-state index is -4.42. The summed E-state index contributed by atoms with van der Waals surface area (Å²) in [5.74, 6) is 0.732. The minimum Gasteiger partial charge on any atom is -0.494 e. The highest BCUT2D eigenvalue weighted by Gasteiger charge is 2.33. The van der Waals surface area contributed by atoms with Gasteiger partial charge in [-0.1, -0.05) is 12.1 Å². The smallest absolute Gasteiger partial charge is 0.418 e. The van der Waals surface area contributed by atoms with E-state index in [1.165, 1.54) is 24.4 Å². The van der Waals surface area contributed by atoms with Gasteiger partial charge in [0.2, 0.25) is 0 Å². The highest BCUT2D eigenvalue weighted by atomic mass is 19.4. The van der Waals surface area contributed by atoms with Crippen molar-refractivity contribution in [3.8, 4) is 5.75 Å². The van der Waals surface area contributed by atoms with Crippen LogP contribution in [0.4, 0.5) is 18.9 Å². The molecule has 0 saturated carbocycles. The molecule has 0 amide bonds. The Balaban J connectivity index is 2.07. The van der Waals surface area contributed by atoms with E-state index in [0.29, 0.717) is 6.61 Å². The molecule has 2 aromatic carbocycles. The zero-order chi connectivity index (χ0) is 16.0. The maximum absolute atomic E-state index is 12.8. The Morgan fingerprint density at radius 1 is 1.09 bits per heavy atom. The standard InChI is InChI=1S/C16H15F3N2O/c1-2-22-13-9-7-12(8-10-13)11-20-21-15-6-4-3-5-14(15)16(17,18)19/h3-11,21H,2H2,1H3/b20-11+. The molecule has 1 N–H and O–H groups in total. The molecule has 0 aliphatic carbocycles. The van der Waals surface area contributed by atoms with Crippen LogP contribution < -0.4 is 10.2 Å². The number of hydrazone groups is 1. The summed E-state index contributed by atoms with van der Waals surface area (Å²) in [5.41, 5.74) is 2.34. The number of rotatable bonds is 5. The van der Waals surface area contributed by atoms with Gasteiger partial charge in [0, 0.05) is 0 Å². The Kier molecular flexibility index (Phi) is 5.04. The van der Waals surface area contributed by atoms with Crippen molar-refractivity contribution in [3.63, 3.8) is 0 Å². The van der Waals surface area contributed by atoms with Crippen molar-refractivity contribution in [2.24, 2.45) is 5.10 Å². The van der Waals surface area contributed by atoms with Crippen LogP contribution in [-0.4, -0.2) is 12.8 Å². The van der Waals surface area contributed by atoms with E-state index in [2.05, 4.69) is 10.5 Å². The summed E-state index contributed by atoms with van der Waals surface area (Å²) in [7, 11) is 0. The van der Waals surface area contributed by atoms with Crippen LogP contribution in [0.1, 0.15) is 18.1 Å². The molecule has 0 saturated heterocycles. The zero-order valence-electron chi connectivity index (χ0n) is 11.9. The summed E-state index contributed by atoms with van der Waals surface area (Å²) in [5, 5.41) is 3.85. The van der Waals surface area contributed by atoms with E-state index >= 15 is 0 Å². The van der Waals surface area contributed by atoms with Gasteiger partial charge in [-0.3, -0.25) is 5.43 Å². The van der Waals surface area contributed by atoms with Crippen LogP contribution in [0.25, 0.3) is 0 Å². The fourth-order valence-corrected chi connectivity index (χ4v) is 1.82. The molecule has 0 aromatic heterocycles. The van der Waals surface area contributed by atoms with Gasteiger partial charge in [0.05, 0.1) is 24.1 Å². The van der Waals surface area contributed by atoms with Gasteiger partial charge in [0.15, 0.2) is 0 Å². The van der Waals surface area contributed by atoms with Gasteiger partial charge in [0.25, 0.3) is 0 Å².